The van der Waals surface area contributed by atoms with E-state index >= 15 is 0 Å². The van der Waals surface area contributed by atoms with Crippen LogP contribution in [-0.4, -0.2) is 39.0 Å². The number of ether oxygens (including phenoxy) is 4. The highest BCUT2D eigenvalue weighted by molar-refractivity contribution is 5.93. The second kappa shape index (κ2) is 10.6. The van der Waals surface area contributed by atoms with E-state index in [0.717, 1.165) is 29.4 Å². The average molecular weight is 372 g/mol. The van der Waals surface area contributed by atoms with Crippen molar-refractivity contribution in [2.45, 2.75) is 32.8 Å². The molecule has 27 heavy (non-hydrogen) atoms. The highest BCUT2D eigenvalue weighted by Crippen LogP contribution is 2.33. The zero-order valence-corrected chi connectivity index (χ0v) is 16.3. The largest absolute Gasteiger partial charge is 0.493 e. The second-order valence-electron chi connectivity index (χ2n) is 6.38. The predicted octanol–water partition coefficient (Wildman–Crippen LogP) is 4.53. The van der Waals surface area contributed by atoms with Crippen LogP contribution < -0.4 is 9.47 Å². The third-order valence-corrected chi connectivity index (χ3v) is 4.00. The van der Waals surface area contributed by atoms with Gasteiger partial charge in [-0.3, -0.25) is 0 Å². The maximum atomic E-state index is 11.8. The Balaban J connectivity index is 2.14. The van der Waals surface area contributed by atoms with Crippen molar-refractivity contribution in [2.75, 3.05) is 26.9 Å². The standard InChI is InChI=1S/C22H28O5/c1-5-6-13-25-20-11-12-21(19-10-8-7-9-18(19)20)26-15-17(14-24-4)27-22(23)16(2)3/h7-12,17H,2,5-6,13-15H2,1,3-4H3. The monoisotopic (exact) mass is 372 g/mol. The van der Waals surface area contributed by atoms with Gasteiger partial charge in [-0.15, -0.1) is 0 Å². The van der Waals surface area contributed by atoms with Gasteiger partial charge < -0.3 is 18.9 Å². The van der Waals surface area contributed by atoms with Crippen LogP contribution in [0.2, 0.25) is 0 Å². The number of methoxy groups -OCH3 is 1. The highest BCUT2D eigenvalue weighted by Gasteiger charge is 2.17. The van der Waals surface area contributed by atoms with Crippen molar-refractivity contribution in [1.29, 1.82) is 0 Å². The van der Waals surface area contributed by atoms with E-state index in [0.29, 0.717) is 17.9 Å². The van der Waals surface area contributed by atoms with E-state index in [4.69, 9.17) is 18.9 Å². The predicted molar refractivity (Wildman–Crippen MR) is 106 cm³/mol. The lowest BCUT2D eigenvalue weighted by Gasteiger charge is -2.19. The summed E-state index contributed by atoms with van der Waals surface area (Å²) in [5, 5.41) is 1.95. The fourth-order valence-electron chi connectivity index (χ4n) is 2.56. The minimum atomic E-state index is -0.515. The summed E-state index contributed by atoms with van der Waals surface area (Å²) < 4.78 is 22.3. The van der Waals surface area contributed by atoms with Crippen molar-refractivity contribution >= 4 is 16.7 Å². The fourth-order valence-corrected chi connectivity index (χ4v) is 2.56. The minimum Gasteiger partial charge on any atom is -0.493 e. The van der Waals surface area contributed by atoms with Crippen molar-refractivity contribution in [3.05, 3.63) is 48.6 Å². The summed E-state index contributed by atoms with van der Waals surface area (Å²) in [6.45, 7) is 8.46. The number of carbonyl (C=O) groups excluding carboxylic acids is 1. The van der Waals surface area contributed by atoms with Crippen molar-refractivity contribution in [2.24, 2.45) is 0 Å². The van der Waals surface area contributed by atoms with E-state index < -0.39 is 12.1 Å². The van der Waals surface area contributed by atoms with Crippen LogP contribution in [0.3, 0.4) is 0 Å². The van der Waals surface area contributed by atoms with Crippen LogP contribution in [0.5, 0.6) is 11.5 Å². The molecule has 1 atom stereocenters. The summed E-state index contributed by atoms with van der Waals surface area (Å²) in [7, 11) is 1.55. The van der Waals surface area contributed by atoms with Crippen molar-refractivity contribution < 1.29 is 23.7 Å². The number of unbranched alkanes of at least 4 members (excludes halogenated alkanes) is 1. The summed E-state index contributed by atoms with van der Waals surface area (Å²) in [5.74, 6) is 1.10. The maximum Gasteiger partial charge on any atom is 0.333 e. The average Bonchev–Trinajstić information content (AvgIpc) is 2.67. The molecule has 0 radical (unpaired) electrons. The van der Waals surface area contributed by atoms with Crippen LogP contribution in [0.15, 0.2) is 48.6 Å². The fraction of sp³-hybridized carbons (Fsp3) is 0.409. The molecule has 1 unspecified atom stereocenters. The van der Waals surface area contributed by atoms with Gasteiger partial charge in [0, 0.05) is 23.5 Å². The van der Waals surface area contributed by atoms with Gasteiger partial charge in [0.2, 0.25) is 0 Å². The third-order valence-electron chi connectivity index (χ3n) is 4.00. The number of hydrogen-bond acceptors (Lipinski definition) is 5. The lowest BCUT2D eigenvalue weighted by atomic mass is 10.1. The maximum absolute atomic E-state index is 11.8. The van der Waals surface area contributed by atoms with Gasteiger partial charge in [0.1, 0.15) is 18.1 Å². The second-order valence-corrected chi connectivity index (χ2v) is 6.38. The summed E-state index contributed by atoms with van der Waals surface area (Å²) >= 11 is 0. The molecule has 2 aromatic rings. The summed E-state index contributed by atoms with van der Waals surface area (Å²) in [6, 6.07) is 11.7. The van der Waals surface area contributed by atoms with Gasteiger partial charge in [-0.25, -0.2) is 4.79 Å². The molecule has 0 amide bonds. The lowest BCUT2D eigenvalue weighted by molar-refractivity contribution is -0.148. The Morgan fingerprint density at radius 1 is 1.04 bits per heavy atom. The molecular formula is C22H28O5. The van der Waals surface area contributed by atoms with Gasteiger partial charge in [-0.2, -0.15) is 0 Å². The van der Waals surface area contributed by atoms with E-state index in [1.807, 2.05) is 36.4 Å². The van der Waals surface area contributed by atoms with E-state index in [1.165, 1.54) is 0 Å². The molecule has 0 fully saturated rings. The number of hydrogen-bond donors (Lipinski definition) is 0. The zero-order chi connectivity index (χ0) is 19.6. The molecule has 5 heteroatoms. The Bertz CT molecular complexity index is 768. The molecule has 0 spiro atoms. The molecule has 0 bridgehead atoms. The Kier molecular flexibility index (Phi) is 8.14. The molecule has 0 saturated heterocycles. The van der Waals surface area contributed by atoms with Crippen LogP contribution in [0, 0.1) is 0 Å². The third kappa shape index (κ3) is 6.00. The molecule has 0 heterocycles. The van der Waals surface area contributed by atoms with Crippen LogP contribution in [0.1, 0.15) is 26.7 Å². The smallest absolute Gasteiger partial charge is 0.333 e. The van der Waals surface area contributed by atoms with Gasteiger partial charge in [0.15, 0.2) is 6.10 Å². The number of benzene rings is 2. The normalized spacial score (nSPS) is 11.8. The molecule has 0 aliphatic carbocycles. The Morgan fingerprint density at radius 3 is 2.22 bits per heavy atom. The Morgan fingerprint density at radius 2 is 1.67 bits per heavy atom. The van der Waals surface area contributed by atoms with Crippen molar-refractivity contribution in [3.8, 4) is 11.5 Å². The minimum absolute atomic E-state index is 0.187. The molecule has 0 aliphatic rings. The van der Waals surface area contributed by atoms with E-state index in [1.54, 1.807) is 14.0 Å². The van der Waals surface area contributed by atoms with E-state index in [-0.39, 0.29) is 13.2 Å². The van der Waals surface area contributed by atoms with Crippen LogP contribution in [0.4, 0.5) is 0 Å². The zero-order valence-electron chi connectivity index (χ0n) is 16.3. The summed E-state index contributed by atoms with van der Waals surface area (Å²) in [6.07, 6.45) is 1.58. The molecule has 0 aliphatic heterocycles. The van der Waals surface area contributed by atoms with Gasteiger partial charge in [0.05, 0.1) is 13.2 Å². The first-order valence-electron chi connectivity index (χ1n) is 9.19. The Hall–Kier alpha value is -2.53. The lowest BCUT2D eigenvalue weighted by Crippen LogP contribution is -2.29. The topological polar surface area (TPSA) is 54.0 Å². The molecule has 0 saturated carbocycles. The molecule has 0 N–H and O–H groups in total. The van der Waals surface area contributed by atoms with Crippen LogP contribution >= 0.6 is 0 Å². The van der Waals surface area contributed by atoms with Gasteiger partial charge >= 0.3 is 5.97 Å². The summed E-state index contributed by atoms with van der Waals surface area (Å²) in [4.78, 5) is 11.8. The molecule has 5 nitrogen and oxygen atoms in total. The summed E-state index contributed by atoms with van der Waals surface area (Å²) in [5.41, 5.74) is 0.343. The SMILES string of the molecule is C=C(C)C(=O)OC(COC)COc1ccc(OCCCC)c2ccccc12. The number of carbonyl (C=O) groups is 1. The molecule has 0 aromatic heterocycles. The number of rotatable bonds is 11. The first-order chi connectivity index (χ1) is 13.1. The van der Waals surface area contributed by atoms with Gasteiger partial charge in [0.25, 0.3) is 0 Å². The molecule has 146 valence electrons. The number of esters is 1. The molecular weight excluding hydrogens is 344 g/mol. The van der Waals surface area contributed by atoms with Gasteiger partial charge in [-0.1, -0.05) is 44.2 Å². The van der Waals surface area contributed by atoms with Crippen molar-refractivity contribution in [1.82, 2.24) is 0 Å². The molecule has 2 rings (SSSR count). The van der Waals surface area contributed by atoms with E-state index in [9.17, 15) is 4.79 Å². The molecule has 2 aromatic carbocycles. The quantitative estimate of drug-likeness (QED) is 0.329. The highest BCUT2D eigenvalue weighted by atomic mass is 16.6. The number of fused-ring (bicyclic) bond motifs is 1. The van der Waals surface area contributed by atoms with Crippen molar-refractivity contribution in [3.63, 3.8) is 0 Å². The first-order valence-corrected chi connectivity index (χ1v) is 9.19. The van der Waals surface area contributed by atoms with Crippen LogP contribution in [0.25, 0.3) is 10.8 Å². The first kappa shape index (κ1) is 20.8. The van der Waals surface area contributed by atoms with E-state index in [2.05, 4.69) is 13.5 Å². The van der Waals surface area contributed by atoms with Crippen LogP contribution in [-0.2, 0) is 14.3 Å². The van der Waals surface area contributed by atoms with Gasteiger partial charge in [-0.05, 0) is 25.5 Å². The Labute approximate surface area is 160 Å².